The molecule has 4 rings (SSSR count). The summed E-state index contributed by atoms with van der Waals surface area (Å²) in [6.07, 6.45) is 2.55. The van der Waals surface area contributed by atoms with E-state index in [2.05, 4.69) is 10.3 Å². The Balaban J connectivity index is 1.81. The molecule has 6 heteroatoms. The van der Waals surface area contributed by atoms with Crippen molar-refractivity contribution < 1.29 is 13.6 Å². The van der Waals surface area contributed by atoms with Gasteiger partial charge in [0.1, 0.15) is 17.5 Å². The Morgan fingerprint density at radius 1 is 1.15 bits per heavy atom. The van der Waals surface area contributed by atoms with Crippen molar-refractivity contribution in [3.8, 4) is 0 Å². The molecule has 1 fully saturated rings. The van der Waals surface area contributed by atoms with Crippen LogP contribution in [-0.2, 0) is 0 Å². The lowest BCUT2D eigenvalue weighted by molar-refractivity contribution is 0.0653. The first-order valence-electron chi connectivity index (χ1n) is 8.43. The van der Waals surface area contributed by atoms with Crippen molar-refractivity contribution in [1.29, 1.82) is 0 Å². The average Bonchev–Trinajstić information content (AvgIpc) is 2.53. The summed E-state index contributed by atoms with van der Waals surface area (Å²) in [6, 6.07) is 8.86. The molecule has 0 unspecified atom stereocenters. The van der Waals surface area contributed by atoms with Crippen LogP contribution in [0.4, 0.5) is 20.3 Å². The molecule has 1 N–H and O–H groups in total. The molecular formula is C20H17F2N3O. The molecule has 0 atom stereocenters. The molecule has 1 aliphatic rings. The Morgan fingerprint density at radius 2 is 1.88 bits per heavy atom. The minimum atomic E-state index is -0.669. The molecule has 3 aromatic rings. The molecule has 0 saturated carbocycles. The van der Waals surface area contributed by atoms with E-state index in [-0.39, 0.29) is 11.6 Å². The van der Waals surface area contributed by atoms with Crippen LogP contribution in [0.25, 0.3) is 10.8 Å². The molecule has 1 aliphatic heterocycles. The Labute approximate surface area is 149 Å². The highest BCUT2D eigenvalue weighted by Crippen LogP contribution is 2.31. The van der Waals surface area contributed by atoms with Crippen LogP contribution < -0.4 is 5.32 Å². The molecule has 4 nitrogen and oxygen atoms in total. The van der Waals surface area contributed by atoms with E-state index in [1.165, 1.54) is 18.3 Å². The maximum Gasteiger partial charge on any atom is 0.256 e. The number of nitrogens with zero attached hydrogens (tertiary/aromatic N) is 2. The van der Waals surface area contributed by atoms with E-state index >= 15 is 0 Å². The summed E-state index contributed by atoms with van der Waals surface area (Å²) in [4.78, 5) is 18.9. The molecule has 2 heterocycles. The van der Waals surface area contributed by atoms with E-state index in [0.717, 1.165) is 41.9 Å². The summed E-state index contributed by atoms with van der Waals surface area (Å²) >= 11 is 0. The maximum absolute atomic E-state index is 13.5. The fraction of sp³-hybridized carbons (Fsp3) is 0.200. The number of hydrogen-bond acceptors (Lipinski definition) is 3. The zero-order valence-electron chi connectivity index (χ0n) is 14.2. The van der Waals surface area contributed by atoms with Gasteiger partial charge in [-0.05, 0) is 31.0 Å². The number of amides is 1. The van der Waals surface area contributed by atoms with Crippen LogP contribution in [0.5, 0.6) is 0 Å². The third-order valence-electron chi connectivity index (χ3n) is 4.62. The average molecular weight is 353 g/mol. The van der Waals surface area contributed by atoms with Gasteiger partial charge in [0.05, 0.1) is 5.56 Å². The van der Waals surface area contributed by atoms with Crippen LogP contribution in [0.2, 0.25) is 0 Å². The van der Waals surface area contributed by atoms with Crippen LogP contribution in [0.3, 0.4) is 0 Å². The zero-order valence-corrected chi connectivity index (χ0v) is 14.2. The number of fused-ring (bicyclic) bond motifs is 1. The number of hydrogen-bond donors (Lipinski definition) is 1. The highest BCUT2D eigenvalue weighted by atomic mass is 19.1. The van der Waals surface area contributed by atoms with E-state index in [4.69, 9.17) is 0 Å². The molecule has 0 radical (unpaired) electrons. The predicted octanol–water partition coefficient (Wildman–Crippen LogP) is 4.41. The predicted molar refractivity (Wildman–Crippen MR) is 96.6 cm³/mol. The summed E-state index contributed by atoms with van der Waals surface area (Å²) in [7, 11) is 0. The number of rotatable bonds is 3. The molecule has 1 amide bonds. The lowest BCUT2D eigenvalue weighted by Crippen LogP contribution is -2.42. The minimum absolute atomic E-state index is 0.0357. The highest BCUT2D eigenvalue weighted by Gasteiger charge is 2.24. The smallest absolute Gasteiger partial charge is 0.256 e. The van der Waals surface area contributed by atoms with Crippen molar-refractivity contribution in [2.24, 2.45) is 0 Å². The topological polar surface area (TPSA) is 45.2 Å². The van der Waals surface area contributed by atoms with Crippen LogP contribution >= 0.6 is 0 Å². The van der Waals surface area contributed by atoms with Gasteiger partial charge >= 0.3 is 0 Å². The Morgan fingerprint density at radius 3 is 2.54 bits per heavy atom. The molecule has 0 aliphatic carbocycles. The normalized spacial score (nSPS) is 13.6. The second kappa shape index (κ2) is 6.37. The van der Waals surface area contributed by atoms with Crippen LogP contribution in [-0.4, -0.2) is 28.9 Å². The van der Waals surface area contributed by atoms with Crippen molar-refractivity contribution in [2.45, 2.75) is 13.3 Å². The Hall–Kier alpha value is -3.02. The van der Waals surface area contributed by atoms with Gasteiger partial charge in [-0.1, -0.05) is 18.2 Å². The Bertz CT molecular complexity index is 995. The van der Waals surface area contributed by atoms with Gasteiger partial charge in [0.2, 0.25) is 0 Å². The molecule has 1 saturated heterocycles. The van der Waals surface area contributed by atoms with Crippen LogP contribution in [0, 0.1) is 18.6 Å². The van der Waals surface area contributed by atoms with E-state index in [1.54, 1.807) is 4.90 Å². The molecule has 26 heavy (non-hydrogen) atoms. The first kappa shape index (κ1) is 16.4. The first-order chi connectivity index (χ1) is 12.5. The fourth-order valence-electron chi connectivity index (χ4n) is 3.20. The lowest BCUT2D eigenvalue weighted by Gasteiger charge is -2.31. The quantitative estimate of drug-likeness (QED) is 0.759. The summed E-state index contributed by atoms with van der Waals surface area (Å²) in [5.74, 6) is -0.921. The van der Waals surface area contributed by atoms with Crippen molar-refractivity contribution in [3.05, 3.63) is 65.4 Å². The number of nitrogens with one attached hydrogen (secondary N) is 1. The van der Waals surface area contributed by atoms with Gasteiger partial charge in [-0.15, -0.1) is 0 Å². The first-order valence-corrected chi connectivity index (χ1v) is 8.43. The number of pyridine rings is 1. The summed E-state index contributed by atoms with van der Waals surface area (Å²) < 4.78 is 26.9. The number of carbonyl (C=O) groups is 1. The van der Waals surface area contributed by atoms with E-state index in [0.29, 0.717) is 11.4 Å². The van der Waals surface area contributed by atoms with Gasteiger partial charge in [-0.3, -0.25) is 4.79 Å². The highest BCUT2D eigenvalue weighted by molar-refractivity contribution is 6.10. The third kappa shape index (κ3) is 2.87. The minimum Gasteiger partial charge on any atom is -0.340 e. The molecule has 0 bridgehead atoms. The van der Waals surface area contributed by atoms with Crippen molar-refractivity contribution in [3.63, 3.8) is 0 Å². The van der Waals surface area contributed by atoms with Gasteiger partial charge in [0, 0.05) is 41.8 Å². The van der Waals surface area contributed by atoms with E-state index < -0.39 is 11.6 Å². The number of benzene rings is 2. The summed E-state index contributed by atoms with van der Waals surface area (Å²) in [5, 5.41) is 4.50. The second-order valence-corrected chi connectivity index (χ2v) is 6.45. The molecule has 1 aromatic heterocycles. The van der Waals surface area contributed by atoms with Gasteiger partial charge in [-0.2, -0.15) is 0 Å². The fourth-order valence-corrected chi connectivity index (χ4v) is 3.20. The van der Waals surface area contributed by atoms with Crippen molar-refractivity contribution >= 4 is 28.2 Å². The number of likely N-dealkylation sites (tertiary alicyclic amines) is 1. The van der Waals surface area contributed by atoms with Crippen LogP contribution in [0.1, 0.15) is 22.3 Å². The molecule has 2 aromatic carbocycles. The standard InChI is InChI=1S/C20H17F2N3O/c1-12-4-2-5-16-18(12)17(20(26)25-6-3-7-25)11-23-19(16)24-15-9-13(21)8-14(22)10-15/h2,4-5,8-11H,3,6-7H2,1H3,(H,23,24). The molecule has 0 spiro atoms. The van der Waals surface area contributed by atoms with Gasteiger partial charge in [-0.25, -0.2) is 13.8 Å². The molecular weight excluding hydrogens is 336 g/mol. The molecule has 132 valence electrons. The number of aromatic nitrogens is 1. The van der Waals surface area contributed by atoms with Crippen molar-refractivity contribution in [2.75, 3.05) is 18.4 Å². The Kier molecular flexibility index (Phi) is 4.03. The number of anilines is 2. The number of carbonyl (C=O) groups excluding carboxylic acids is 1. The van der Waals surface area contributed by atoms with Gasteiger partial charge in [0.15, 0.2) is 0 Å². The monoisotopic (exact) mass is 353 g/mol. The number of halogens is 2. The number of aryl methyl sites for hydroxylation is 1. The van der Waals surface area contributed by atoms with Crippen LogP contribution in [0.15, 0.2) is 42.6 Å². The maximum atomic E-state index is 13.5. The SMILES string of the molecule is Cc1cccc2c(Nc3cc(F)cc(F)c3)ncc(C(=O)N3CCC3)c12. The third-order valence-corrected chi connectivity index (χ3v) is 4.62. The van der Waals surface area contributed by atoms with Gasteiger partial charge < -0.3 is 10.2 Å². The zero-order chi connectivity index (χ0) is 18.3. The van der Waals surface area contributed by atoms with E-state index in [9.17, 15) is 13.6 Å². The summed E-state index contributed by atoms with van der Waals surface area (Å²) in [5.41, 5.74) is 1.76. The summed E-state index contributed by atoms with van der Waals surface area (Å²) in [6.45, 7) is 3.45. The van der Waals surface area contributed by atoms with E-state index in [1.807, 2.05) is 25.1 Å². The lowest BCUT2D eigenvalue weighted by atomic mass is 10.00. The van der Waals surface area contributed by atoms with Crippen molar-refractivity contribution in [1.82, 2.24) is 9.88 Å². The largest absolute Gasteiger partial charge is 0.340 e. The second-order valence-electron chi connectivity index (χ2n) is 6.45. The van der Waals surface area contributed by atoms with Gasteiger partial charge in [0.25, 0.3) is 5.91 Å².